The summed E-state index contributed by atoms with van der Waals surface area (Å²) in [7, 11) is 0. The molecule has 2 heteroatoms. The lowest BCUT2D eigenvalue weighted by Crippen LogP contribution is -2.16. The lowest BCUT2D eigenvalue weighted by molar-refractivity contribution is 0.112. The quantitative estimate of drug-likeness (QED) is 0.838. The molecule has 2 aromatic carbocycles. The van der Waals surface area contributed by atoms with Gasteiger partial charge in [-0.25, -0.2) is 0 Å². The first-order chi connectivity index (χ1) is 9.60. The third kappa shape index (κ3) is 3.55. The zero-order valence-corrected chi connectivity index (χ0v) is 12.0. The normalized spacial score (nSPS) is 12.4. The summed E-state index contributed by atoms with van der Waals surface area (Å²) < 4.78 is 0. The number of nitrogens with two attached hydrogens (primary N) is 1. The van der Waals surface area contributed by atoms with Gasteiger partial charge in [-0.1, -0.05) is 62.4 Å². The molecule has 0 saturated carbocycles. The molecular weight excluding hydrogens is 246 g/mol. The third-order valence-corrected chi connectivity index (χ3v) is 3.61. The molecule has 104 valence electrons. The van der Waals surface area contributed by atoms with E-state index in [0.717, 1.165) is 12.7 Å². The van der Waals surface area contributed by atoms with Crippen LogP contribution in [0.2, 0.25) is 0 Å². The fourth-order valence-corrected chi connectivity index (χ4v) is 2.19. The Morgan fingerprint density at radius 1 is 0.950 bits per heavy atom. The van der Waals surface area contributed by atoms with E-state index in [2.05, 4.69) is 38.1 Å². The predicted molar refractivity (Wildman–Crippen MR) is 82.8 cm³/mol. The lowest BCUT2D eigenvalue weighted by Gasteiger charge is -2.16. The number of carbonyl (C=O) groups is 1. The second-order valence-corrected chi connectivity index (χ2v) is 5.55. The van der Waals surface area contributed by atoms with Crippen molar-refractivity contribution in [2.24, 2.45) is 11.7 Å². The molecule has 0 aliphatic heterocycles. The molecule has 0 unspecified atom stereocenters. The van der Waals surface area contributed by atoms with Crippen LogP contribution in [-0.2, 0) is 6.42 Å². The SMILES string of the molecule is CC(C)[C@@H](N)c1ccc(Cc2ccc(C=O)cc2)cc1. The lowest BCUT2D eigenvalue weighted by atomic mass is 9.95. The summed E-state index contributed by atoms with van der Waals surface area (Å²) in [5.74, 6) is 0.441. The van der Waals surface area contributed by atoms with E-state index in [9.17, 15) is 4.79 Å². The van der Waals surface area contributed by atoms with Crippen LogP contribution in [0.1, 0.15) is 46.9 Å². The molecule has 0 saturated heterocycles. The van der Waals surface area contributed by atoms with Gasteiger partial charge in [0.05, 0.1) is 0 Å². The van der Waals surface area contributed by atoms with Crippen molar-refractivity contribution in [1.82, 2.24) is 0 Å². The average molecular weight is 267 g/mol. The molecule has 0 radical (unpaired) electrons. The highest BCUT2D eigenvalue weighted by Crippen LogP contribution is 2.20. The summed E-state index contributed by atoms with van der Waals surface area (Å²) in [6.07, 6.45) is 1.74. The number of carbonyl (C=O) groups excluding carboxylic acids is 1. The molecule has 0 amide bonds. The van der Waals surface area contributed by atoms with E-state index in [4.69, 9.17) is 5.73 Å². The van der Waals surface area contributed by atoms with Gasteiger partial charge in [0, 0.05) is 11.6 Å². The minimum atomic E-state index is 0.0934. The maximum absolute atomic E-state index is 10.6. The van der Waals surface area contributed by atoms with E-state index < -0.39 is 0 Å². The van der Waals surface area contributed by atoms with Crippen molar-refractivity contribution in [3.63, 3.8) is 0 Å². The summed E-state index contributed by atoms with van der Waals surface area (Å²) in [6.45, 7) is 4.26. The van der Waals surface area contributed by atoms with Crippen molar-refractivity contribution >= 4 is 6.29 Å². The minimum absolute atomic E-state index is 0.0934. The number of rotatable bonds is 5. The van der Waals surface area contributed by atoms with Crippen LogP contribution in [0.3, 0.4) is 0 Å². The summed E-state index contributed by atoms with van der Waals surface area (Å²) in [5.41, 5.74) is 10.5. The highest BCUT2D eigenvalue weighted by Gasteiger charge is 2.09. The van der Waals surface area contributed by atoms with Crippen molar-refractivity contribution in [2.45, 2.75) is 26.3 Å². The van der Waals surface area contributed by atoms with E-state index in [-0.39, 0.29) is 6.04 Å². The van der Waals surface area contributed by atoms with Crippen LogP contribution in [0, 0.1) is 5.92 Å². The van der Waals surface area contributed by atoms with Crippen molar-refractivity contribution in [3.05, 3.63) is 70.8 Å². The van der Waals surface area contributed by atoms with E-state index in [0.29, 0.717) is 11.5 Å². The Bertz CT molecular complexity index is 555. The molecule has 0 bridgehead atoms. The smallest absolute Gasteiger partial charge is 0.150 e. The molecule has 2 nitrogen and oxygen atoms in total. The van der Waals surface area contributed by atoms with Crippen molar-refractivity contribution in [1.29, 1.82) is 0 Å². The van der Waals surface area contributed by atoms with Gasteiger partial charge in [-0.3, -0.25) is 4.79 Å². The zero-order chi connectivity index (χ0) is 14.5. The Hall–Kier alpha value is -1.93. The first kappa shape index (κ1) is 14.5. The highest BCUT2D eigenvalue weighted by molar-refractivity contribution is 5.74. The molecule has 2 rings (SSSR count). The molecule has 20 heavy (non-hydrogen) atoms. The molecular formula is C18H21NO. The van der Waals surface area contributed by atoms with Gasteiger partial charge < -0.3 is 5.73 Å². The maximum Gasteiger partial charge on any atom is 0.150 e. The van der Waals surface area contributed by atoms with Crippen LogP contribution in [0.5, 0.6) is 0 Å². The Kier molecular flexibility index (Phi) is 4.70. The van der Waals surface area contributed by atoms with E-state index in [1.165, 1.54) is 16.7 Å². The molecule has 1 atom stereocenters. The Labute approximate surface area is 120 Å². The molecule has 0 fully saturated rings. The van der Waals surface area contributed by atoms with Crippen molar-refractivity contribution in [3.8, 4) is 0 Å². The fourth-order valence-electron chi connectivity index (χ4n) is 2.19. The Balaban J connectivity index is 2.08. The van der Waals surface area contributed by atoms with Crippen LogP contribution in [0.4, 0.5) is 0 Å². The topological polar surface area (TPSA) is 43.1 Å². The fraction of sp³-hybridized carbons (Fsp3) is 0.278. The molecule has 0 aliphatic rings. The monoisotopic (exact) mass is 267 g/mol. The minimum Gasteiger partial charge on any atom is -0.324 e. The van der Waals surface area contributed by atoms with Crippen LogP contribution >= 0.6 is 0 Å². The van der Waals surface area contributed by atoms with Crippen LogP contribution in [0.25, 0.3) is 0 Å². The summed E-state index contributed by atoms with van der Waals surface area (Å²) in [4.78, 5) is 10.6. The molecule has 0 aromatic heterocycles. The van der Waals surface area contributed by atoms with Gasteiger partial charge in [0.1, 0.15) is 6.29 Å². The Morgan fingerprint density at radius 2 is 1.45 bits per heavy atom. The summed E-state index contributed by atoms with van der Waals surface area (Å²) >= 11 is 0. The van der Waals surface area contributed by atoms with Gasteiger partial charge in [0.15, 0.2) is 0 Å². The van der Waals surface area contributed by atoms with Crippen LogP contribution in [0.15, 0.2) is 48.5 Å². The number of hydrogen-bond acceptors (Lipinski definition) is 2. The first-order valence-corrected chi connectivity index (χ1v) is 6.98. The average Bonchev–Trinajstić information content (AvgIpc) is 2.48. The molecule has 2 aromatic rings. The van der Waals surface area contributed by atoms with Gasteiger partial charge in [0.25, 0.3) is 0 Å². The van der Waals surface area contributed by atoms with E-state index in [1.807, 2.05) is 24.3 Å². The Morgan fingerprint density at radius 3 is 1.90 bits per heavy atom. The molecule has 0 heterocycles. The predicted octanol–water partition coefficient (Wildman–Crippen LogP) is 3.75. The van der Waals surface area contributed by atoms with Gasteiger partial charge >= 0.3 is 0 Å². The summed E-state index contributed by atoms with van der Waals surface area (Å²) in [6, 6.07) is 16.3. The molecule has 0 aliphatic carbocycles. The second-order valence-electron chi connectivity index (χ2n) is 5.55. The van der Waals surface area contributed by atoms with Crippen molar-refractivity contribution < 1.29 is 4.79 Å². The van der Waals surface area contributed by atoms with Crippen LogP contribution < -0.4 is 5.73 Å². The van der Waals surface area contributed by atoms with Gasteiger partial charge in [-0.05, 0) is 29.0 Å². The number of hydrogen-bond donors (Lipinski definition) is 1. The number of aldehydes is 1. The first-order valence-electron chi connectivity index (χ1n) is 6.98. The molecule has 2 N–H and O–H groups in total. The van der Waals surface area contributed by atoms with Gasteiger partial charge in [-0.15, -0.1) is 0 Å². The second kappa shape index (κ2) is 6.49. The zero-order valence-electron chi connectivity index (χ0n) is 12.0. The number of benzene rings is 2. The van der Waals surface area contributed by atoms with E-state index in [1.54, 1.807) is 0 Å². The van der Waals surface area contributed by atoms with Crippen LogP contribution in [-0.4, -0.2) is 6.29 Å². The van der Waals surface area contributed by atoms with Gasteiger partial charge in [0.2, 0.25) is 0 Å². The van der Waals surface area contributed by atoms with Gasteiger partial charge in [-0.2, -0.15) is 0 Å². The van der Waals surface area contributed by atoms with E-state index >= 15 is 0 Å². The highest BCUT2D eigenvalue weighted by atomic mass is 16.1. The molecule has 0 spiro atoms. The largest absolute Gasteiger partial charge is 0.324 e. The standard InChI is InChI=1S/C18H21NO/c1-13(2)18(19)17-9-7-15(8-10-17)11-14-3-5-16(12-20)6-4-14/h3-10,12-13,18H,11,19H2,1-2H3/t18-/m1/s1. The summed E-state index contributed by atoms with van der Waals surface area (Å²) in [5, 5.41) is 0. The maximum atomic E-state index is 10.6. The third-order valence-electron chi connectivity index (χ3n) is 3.61. The van der Waals surface area contributed by atoms with Crippen molar-refractivity contribution in [2.75, 3.05) is 0 Å².